The second-order valence-corrected chi connectivity index (χ2v) is 6.89. The number of rotatable bonds is 5. The van der Waals surface area contributed by atoms with E-state index in [9.17, 15) is 13.2 Å². The summed E-state index contributed by atoms with van der Waals surface area (Å²) in [5, 5.41) is 2.59. The van der Waals surface area contributed by atoms with Gasteiger partial charge in [-0.3, -0.25) is 4.79 Å². The number of Topliss-reactive ketones (excluding diaryl/α,β-unsaturated/α-hetero) is 1. The molecule has 0 aromatic carbocycles. The second-order valence-electron chi connectivity index (χ2n) is 4.21. The molecule has 1 heterocycles. The Hall–Kier alpha value is -0.460. The summed E-state index contributed by atoms with van der Waals surface area (Å²) in [4.78, 5) is 11.7. The quantitative estimate of drug-likeness (QED) is 0.728. The van der Waals surface area contributed by atoms with Gasteiger partial charge in [0.15, 0.2) is 15.6 Å². The molecule has 0 aromatic heterocycles. The maximum Gasteiger partial charge on any atom is 0.153 e. The van der Waals surface area contributed by atoms with E-state index >= 15 is 0 Å². The van der Waals surface area contributed by atoms with Gasteiger partial charge in [-0.25, -0.2) is 8.42 Å². The summed E-state index contributed by atoms with van der Waals surface area (Å²) in [5.74, 6) is -0.147. The highest BCUT2D eigenvalue weighted by Gasteiger charge is 2.24. The molecule has 94 valence electrons. The lowest BCUT2D eigenvalue weighted by Crippen LogP contribution is -2.46. The van der Waals surface area contributed by atoms with Gasteiger partial charge < -0.3 is 10.1 Å². The Kier molecular flexibility index (Phi) is 4.89. The Labute approximate surface area is 96.5 Å². The number of nitrogens with one attached hydrogen (secondary N) is 1. The fraction of sp³-hybridized carbons (Fsp3) is 0.900. The predicted octanol–water partition coefficient (Wildman–Crippen LogP) is -0.243. The van der Waals surface area contributed by atoms with E-state index in [1.54, 1.807) is 13.8 Å². The normalized spacial score (nSPS) is 22.3. The van der Waals surface area contributed by atoms with Gasteiger partial charge in [0.25, 0.3) is 0 Å². The lowest BCUT2D eigenvalue weighted by Gasteiger charge is -2.22. The molecule has 0 spiro atoms. The lowest BCUT2D eigenvalue weighted by atomic mass is 10.1. The van der Waals surface area contributed by atoms with Crippen LogP contribution in [0.1, 0.15) is 20.3 Å². The van der Waals surface area contributed by atoms with Crippen LogP contribution in [0.5, 0.6) is 0 Å². The molecule has 1 atom stereocenters. The highest BCUT2D eigenvalue weighted by Crippen LogP contribution is 2.05. The van der Waals surface area contributed by atoms with Gasteiger partial charge in [0, 0.05) is 13.0 Å². The SMILES string of the molecule is CC(C)S(=O)(=O)CCC(=O)C1COCCN1. The molecule has 1 rings (SSSR count). The Morgan fingerprint density at radius 2 is 2.19 bits per heavy atom. The molecule has 1 aliphatic rings. The molecule has 0 aliphatic carbocycles. The van der Waals surface area contributed by atoms with Gasteiger partial charge >= 0.3 is 0 Å². The van der Waals surface area contributed by atoms with Crippen LogP contribution in [0.25, 0.3) is 0 Å². The van der Waals surface area contributed by atoms with Gasteiger partial charge in [-0.05, 0) is 13.8 Å². The molecule has 0 aromatic rings. The van der Waals surface area contributed by atoms with Crippen LogP contribution < -0.4 is 5.32 Å². The predicted molar refractivity (Wildman–Crippen MR) is 61.2 cm³/mol. The first-order valence-corrected chi connectivity index (χ1v) is 7.20. The zero-order chi connectivity index (χ0) is 12.2. The second kappa shape index (κ2) is 5.75. The monoisotopic (exact) mass is 249 g/mol. The molecule has 1 aliphatic heterocycles. The Morgan fingerprint density at radius 3 is 2.69 bits per heavy atom. The van der Waals surface area contributed by atoms with Crippen LogP contribution in [0, 0.1) is 0 Å². The Bertz CT molecular complexity index is 331. The van der Waals surface area contributed by atoms with Crippen LogP contribution in [-0.2, 0) is 19.4 Å². The molecule has 1 fully saturated rings. The summed E-state index contributed by atoms with van der Waals surface area (Å²) in [7, 11) is -3.12. The molecule has 0 amide bonds. The van der Waals surface area contributed by atoms with Crippen molar-refractivity contribution < 1.29 is 17.9 Å². The van der Waals surface area contributed by atoms with Crippen molar-refractivity contribution in [1.29, 1.82) is 0 Å². The molecule has 6 heteroatoms. The van der Waals surface area contributed by atoms with Gasteiger partial charge in [0.1, 0.15) is 0 Å². The molecule has 0 saturated carbocycles. The van der Waals surface area contributed by atoms with E-state index < -0.39 is 15.1 Å². The Morgan fingerprint density at radius 1 is 1.50 bits per heavy atom. The fourth-order valence-corrected chi connectivity index (χ4v) is 2.38. The minimum atomic E-state index is -3.12. The third-order valence-corrected chi connectivity index (χ3v) is 4.87. The highest BCUT2D eigenvalue weighted by atomic mass is 32.2. The van der Waals surface area contributed by atoms with Crippen LogP contribution >= 0.6 is 0 Å². The van der Waals surface area contributed by atoms with Gasteiger partial charge in [0.2, 0.25) is 0 Å². The standard InChI is InChI=1S/C10H19NO4S/c1-8(2)16(13,14)6-3-10(12)9-7-15-5-4-11-9/h8-9,11H,3-7H2,1-2H3. The van der Waals surface area contributed by atoms with Crippen molar-refractivity contribution >= 4 is 15.6 Å². The molecule has 0 bridgehead atoms. The van der Waals surface area contributed by atoms with Crippen molar-refractivity contribution in [2.45, 2.75) is 31.6 Å². The molecule has 5 nitrogen and oxygen atoms in total. The first-order valence-electron chi connectivity index (χ1n) is 5.49. The first kappa shape index (κ1) is 13.6. The summed E-state index contributed by atoms with van der Waals surface area (Å²) in [6.45, 7) is 4.85. The number of hydrogen-bond acceptors (Lipinski definition) is 5. The van der Waals surface area contributed by atoms with Crippen molar-refractivity contribution in [3.8, 4) is 0 Å². The molecule has 1 N–H and O–H groups in total. The summed E-state index contributed by atoms with van der Waals surface area (Å²) in [6.07, 6.45) is 0.0710. The first-order chi connectivity index (χ1) is 7.43. The van der Waals surface area contributed by atoms with Gasteiger partial charge in [-0.1, -0.05) is 0 Å². The molecule has 1 unspecified atom stereocenters. The van der Waals surface area contributed by atoms with Gasteiger partial charge in [0.05, 0.1) is 30.3 Å². The topological polar surface area (TPSA) is 72.5 Å². The maximum absolute atomic E-state index is 11.7. The number of sulfone groups is 1. The molecule has 1 saturated heterocycles. The minimum Gasteiger partial charge on any atom is -0.378 e. The van der Waals surface area contributed by atoms with Gasteiger partial charge in [-0.2, -0.15) is 0 Å². The van der Waals surface area contributed by atoms with E-state index in [1.807, 2.05) is 0 Å². The number of carbonyl (C=O) groups is 1. The van der Waals surface area contributed by atoms with E-state index in [0.29, 0.717) is 19.8 Å². The number of carbonyl (C=O) groups excluding carboxylic acids is 1. The van der Waals surface area contributed by atoms with Crippen LogP contribution in [-0.4, -0.2) is 51.0 Å². The van der Waals surface area contributed by atoms with E-state index in [4.69, 9.17) is 4.74 Å². The number of ketones is 1. The fourth-order valence-electron chi connectivity index (χ4n) is 1.43. The van der Waals surface area contributed by atoms with Crippen molar-refractivity contribution in [3.05, 3.63) is 0 Å². The zero-order valence-electron chi connectivity index (χ0n) is 9.73. The van der Waals surface area contributed by atoms with Crippen molar-refractivity contribution in [2.24, 2.45) is 0 Å². The van der Waals surface area contributed by atoms with E-state index in [1.165, 1.54) is 0 Å². The number of hydrogen-bond donors (Lipinski definition) is 1. The van der Waals surface area contributed by atoms with Crippen molar-refractivity contribution in [1.82, 2.24) is 5.32 Å². The minimum absolute atomic E-state index is 0.0678. The third-order valence-electron chi connectivity index (χ3n) is 2.66. The van der Waals surface area contributed by atoms with E-state index in [-0.39, 0.29) is 24.0 Å². The average molecular weight is 249 g/mol. The van der Waals surface area contributed by atoms with E-state index in [2.05, 4.69) is 5.32 Å². The van der Waals surface area contributed by atoms with Crippen molar-refractivity contribution in [3.63, 3.8) is 0 Å². The third kappa shape index (κ3) is 3.84. The summed E-state index contributed by atoms with van der Waals surface area (Å²) < 4.78 is 28.2. The molecule has 0 radical (unpaired) electrons. The maximum atomic E-state index is 11.7. The smallest absolute Gasteiger partial charge is 0.153 e. The number of morpholine rings is 1. The summed E-state index contributed by atoms with van der Waals surface area (Å²) in [5.41, 5.74) is 0. The van der Waals surface area contributed by atoms with Crippen LogP contribution in [0.15, 0.2) is 0 Å². The van der Waals surface area contributed by atoms with Gasteiger partial charge in [-0.15, -0.1) is 0 Å². The Balaban J connectivity index is 2.40. The highest BCUT2D eigenvalue weighted by molar-refractivity contribution is 7.91. The zero-order valence-corrected chi connectivity index (χ0v) is 10.5. The van der Waals surface area contributed by atoms with Crippen LogP contribution in [0.2, 0.25) is 0 Å². The van der Waals surface area contributed by atoms with Crippen molar-refractivity contribution in [2.75, 3.05) is 25.5 Å². The number of ether oxygens (including phenoxy) is 1. The summed E-state index contributed by atoms with van der Waals surface area (Å²) >= 11 is 0. The summed E-state index contributed by atoms with van der Waals surface area (Å²) in [6, 6.07) is -0.337. The lowest BCUT2D eigenvalue weighted by molar-refractivity contribution is -0.123. The molecule has 16 heavy (non-hydrogen) atoms. The average Bonchev–Trinajstić information content (AvgIpc) is 2.27. The van der Waals surface area contributed by atoms with Crippen LogP contribution in [0.4, 0.5) is 0 Å². The molecular weight excluding hydrogens is 230 g/mol. The van der Waals surface area contributed by atoms with E-state index in [0.717, 1.165) is 0 Å². The van der Waals surface area contributed by atoms with Crippen LogP contribution in [0.3, 0.4) is 0 Å². The molecular formula is C10H19NO4S. The largest absolute Gasteiger partial charge is 0.378 e.